The van der Waals surface area contributed by atoms with Gasteiger partial charge in [-0.25, -0.2) is 0 Å². The molecule has 3 aromatic rings. The van der Waals surface area contributed by atoms with Crippen LogP contribution in [0.5, 0.6) is 5.75 Å². The molecule has 0 aliphatic carbocycles. The van der Waals surface area contributed by atoms with Crippen molar-refractivity contribution in [3.63, 3.8) is 0 Å². The smallest absolute Gasteiger partial charge is 0.119 e. The minimum Gasteiger partial charge on any atom is -0.497 e. The number of nitrogens with one attached hydrogen (secondary N) is 1. The van der Waals surface area contributed by atoms with Crippen LogP contribution in [0, 0.1) is 0 Å². The van der Waals surface area contributed by atoms with Gasteiger partial charge in [-0.1, -0.05) is 54.6 Å². The fraction of sp³-hybridized carbons (Fsp3) is 0.200. The summed E-state index contributed by atoms with van der Waals surface area (Å²) in [6.07, 6.45) is 0. The maximum Gasteiger partial charge on any atom is 0.119 e. The van der Waals surface area contributed by atoms with E-state index in [2.05, 4.69) is 66.8 Å². The molecular weight excluding hydrogens is 270 g/mol. The van der Waals surface area contributed by atoms with E-state index in [-0.39, 0.29) is 6.04 Å². The summed E-state index contributed by atoms with van der Waals surface area (Å²) in [6, 6.07) is 23.5. The second kappa shape index (κ2) is 6.63. The largest absolute Gasteiger partial charge is 0.497 e. The van der Waals surface area contributed by atoms with Crippen molar-refractivity contribution in [1.29, 1.82) is 0 Å². The van der Waals surface area contributed by atoms with Crippen molar-refractivity contribution in [2.24, 2.45) is 0 Å². The third kappa shape index (κ3) is 3.12. The van der Waals surface area contributed by atoms with Gasteiger partial charge in [-0.15, -0.1) is 0 Å². The summed E-state index contributed by atoms with van der Waals surface area (Å²) in [6.45, 7) is 3.03. The molecule has 0 aliphatic heterocycles. The summed E-state index contributed by atoms with van der Waals surface area (Å²) < 4.78 is 5.30. The molecule has 1 N–H and O–H groups in total. The van der Waals surface area contributed by atoms with Crippen LogP contribution in [0.15, 0.2) is 66.7 Å². The Morgan fingerprint density at radius 2 is 1.73 bits per heavy atom. The van der Waals surface area contributed by atoms with Gasteiger partial charge in [0.05, 0.1) is 7.11 Å². The van der Waals surface area contributed by atoms with Crippen molar-refractivity contribution in [3.05, 3.63) is 77.9 Å². The van der Waals surface area contributed by atoms with E-state index in [0.717, 1.165) is 12.3 Å². The number of fused-ring (bicyclic) bond motifs is 1. The Morgan fingerprint density at radius 1 is 0.955 bits per heavy atom. The predicted molar refractivity (Wildman–Crippen MR) is 92.2 cm³/mol. The second-order valence-corrected chi connectivity index (χ2v) is 5.52. The maximum absolute atomic E-state index is 5.30. The Labute approximate surface area is 131 Å². The van der Waals surface area contributed by atoms with Crippen molar-refractivity contribution in [3.8, 4) is 5.75 Å². The third-order valence-corrected chi connectivity index (χ3v) is 4.07. The molecule has 112 valence electrons. The molecule has 0 bridgehead atoms. The van der Waals surface area contributed by atoms with Gasteiger partial charge in [0, 0.05) is 12.6 Å². The first-order valence-electron chi connectivity index (χ1n) is 7.62. The van der Waals surface area contributed by atoms with Crippen LogP contribution in [0.1, 0.15) is 24.1 Å². The van der Waals surface area contributed by atoms with Crippen LogP contribution in [-0.4, -0.2) is 7.11 Å². The minimum absolute atomic E-state index is 0.272. The second-order valence-electron chi connectivity index (χ2n) is 5.52. The lowest BCUT2D eigenvalue weighted by atomic mass is 10.0. The molecule has 0 radical (unpaired) electrons. The summed E-state index contributed by atoms with van der Waals surface area (Å²) in [4.78, 5) is 0. The molecule has 1 atom stereocenters. The summed E-state index contributed by atoms with van der Waals surface area (Å²) in [5.41, 5.74) is 2.56. The van der Waals surface area contributed by atoms with Gasteiger partial charge in [0.25, 0.3) is 0 Å². The molecule has 22 heavy (non-hydrogen) atoms. The van der Waals surface area contributed by atoms with Gasteiger partial charge >= 0.3 is 0 Å². The van der Waals surface area contributed by atoms with Crippen LogP contribution in [-0.2, 0) is 6.54 Å². The Morgan fingerprint density at radius 3 is 2.59 bits per heavy atom. The first kappa shape index (κ1) is 14.6. The van der Waals surface area contributed by atoms with Gasteiger partial charge in [0.2, 0.25) is 0 Å². The van der Waals surface area contributed by atoms with E-state index < -0.39 is 0 Å². The van der Waals surface area contributed by atoms with Gasteiger partial charge < -0.3 is 10.1 Å². The van der Waals surface area contributed by atoms with Crippen LogP contribution in [0.25, 0.3) is 10.8 Å². The van der Waals surface area contributed by atoms with Crippen molar-refractivity contribution in [2.75, 3.05) is 7.11 Å². The number of rotatable bonds is 5. The van der Waals surface area contributed by atoms with Gasteiger partial charge in [0.1, 0.15) is 5.75 Å². The highest BCUT2D eigenvalue weighted by molar-refractivity contribution is 5.85. The molecule has 0 heterocycles. The Hall–Kier alpha value is -2.32. The Balaban J connectivity index is 1.76. The summed E-state index contributed by atoms with van der Waals surface area (Å²) in [7, 11) is 1.70. The molecule has 0 saturated carbocycles. The first-order chi connectivity index (χ1) is 10.8. The lowest BCUT2D eigenvalue weighted by Crippen LogP contribution is -2.18. The molecule has 0 fully saturated rings. The molecule has 0 amide bonds. The molecule has 2 heteroatoms. The van der Waals surface area contributed by atoms with Crippen molar-refractivity contribution < 1.29 is 4.74 Å². The molecule has 3 rings (SSSR count). The van der Waals surface area contributed by atoms with E-state index in [9.17, 15) is 0 Å². The fourth-order valence-corrected chi connectivity index (χ4v) is 2.74. The number of hydrogen-bond donors (Lipinski definition) is 1. The zero-order chi connectivity index (χ0) is 15.4. The quantitative estimate of drug-likeness (QED) is 0.735. The monoisotopic (exact) mass is 291 g/mol. The van der Waals surface area contributed by atoms with Crippen LogP contribution < -0.4 is 10.1 Å². The van der Waals surface area contributed by atoms with E-state index in [1.165, 1.54) is 21.9 Å². The SMILES string of the molecule is COc1cccc([C@@H](C)NCc2cccc3ccccc23)c1. The van der Waals surface area contributed by atoms with E-state index in [1.807, 2.05) is 12.1 Å². The molecule has 0 aromatic heterocycles. The third-order valence-electron chi connectivity index (χ3n) is 4.07. The lowest BCUT2D eigenvalue weighted by molar-refractivity contribution is 0.413. The zero-order valence-corrected chi connectivity index (χ0v) is 13.0. The highest BCUT2D eigenvalue weighted by Crippen LogP contribution is 2.21. The molecule has 0 spiro atoms. The summed E-state index contributed by atoms with van der Waals surface area (Å²) in [5, 5.41) is 6.21. The number of ether oxygens (including phenoxy) is 1. The highest BCUT2D eigenvalue weighted by Gasteiger charge is 2.07. The van der Waals surface area contributed by atoms with Gasteiger partial charge in [-0.2, -0.15) is 0 Å². The Kier molecular flexibility index (Phi) is 4.40. The summed E-state index contributed by atoms with van der Waals surface area (Å²) in [5.74, 6) is 0.899. The highest BCUT2D eigenvalue weighted by atomic mass is 16.5. The van der Waals surface area contributed by atoms with E-state index in [4.69, 9.17) is 4.74 Å². The van der Waals surface area contributed by atoms with E-state index >= 15 is 0 Å². The normalized spacial score (nSPS) is 12.3. The average molecular weight is 291 g/mol. The Bertz CT molecular complexity index is 761. The minimum atomic E-state index is 0.272. The molecule has 2 nitrogen and oxygen atoms in total. The zero-order valence-electron chi connectivity index (χ0n) is 13.0. The van der Waals surface area contributed by atoms with E-state index in [1.54, 1.807) is 7.11 Å². The predicted octanol–water partition coefficient (Wildman–Crippen LogP) is 4.70. The van der Waals surface area contributed by atoms with Crippen molar-refractivity contribution in [2.45, 2.75) is 19.5 Å². The van der Waals surface area contributed by atoms with Gasteiger partial charge in [0.15, 0.2) is 0 Å². The fourth-order valence-electron chi connectivity index (χ4n) is 2.74. The lowest BCUT2D eigenvalue weighted by Gasteiger charge is -2.16. The van der Waals surface area contributed by atoms with Crippen LogP contribution >= 0.6 is 0 Å². The molecular formula is C20H21NO. The summed E-state index contributed by atoms with van der Waals surface area (Å²) >= 11 is 0. The maximum atomic E-state index is 5.30. The number of methoxy groups -OCH3 is 1. The van der Waals surface area contributed by atoms with Crippen LogP contribution in [0.2, 0.25) is 0 Å². The molecule has 0 aliphatic rings. The average Bonchev–Trinajstić information content (AvgIpc) is 2.59. The standard InChI is InChI=1S/C20H21NO/c1-15(17-9-6-11-19(13-17)22-2)21-14-18-10-5-8-16-7-3-4-12-20(16)18/h3-13,15,21H,14H2,1-2H3/t15-/m1/s1. The molecule has 0 saturated heterocycles. The van der Waals surface area contributed by atoms with Gasteiger partial charge in [-0.05, 0) is 41.0 Å². The van der Waals surface area contributed by atoms with Crippen LogP contribution in [0.4, 0.5) is 0 Å². The van der Waals surface area contributed by atoms with E-state index in [0.29, 0.717) is 0 Å². The van der Waals surface area contributed by atoms with Crippen LogP contribution in [0.3, 0.4) is 0 Å². The van der Waals surface area contributed by atoms with Crippen molar-refractivity contribution in [1.82, 2.24) is 5.32 Å². The number of benzene rings is 3. The molecule has 0 unspecified atom stereocenters. The molecule has 3 aromatic carbocycles. The van der Waals surface area contributed by atoms with Crippen molar-refractivity contribution >= 4 is 10.8 Å². The first-order valence-corrected chi connectivity index (χ1v) is 7.62. The number of hydrogen-bond acceptors (Lipinski definition) is 2. The topological polar surface area (TPSA) is 21.3 Å². The van der Waals surface area contributed by atoms with Gasteiger partial charge in [-0.3, -0.25) is 0 Å².